The molecule has 180 valence electrons. The van der Waals surface area contributed by atoms with Gasteiger partial charge >= 0.3 is 0 Å². The van der Waals surface area contributed by atoms with Gasteiger partial charge in [-0.05, 0) is 33.4 Å². The van der Waals surface area contributed by atoms with Crippen molar-refractivity contribution in [3.05, 3.63) is 102 Å². The van der Waals surface area contributed by atoms with E-state index in [2.05, 4.69) is 68.8 Å². The van der Waals surface area contributed by atoms with Crippen molar-refractivity contribution in [1.29, 1.82) is 0 Å². The molecule has 5 rings (SSSR count). The van der Waals surface area contributed by atoms with Crippen LogP contribution in [0.3, 0.4) is 0 Å². The van der Waals surface area contributed by atoms with Gasteiger partial charge in [0.2, 0.25) is 17.4 Å². The van der Waals surface area contributed by atoms with E-state index in [0.29, 0.717) is 24.7 Å². The van der Waals surface area contributed by atoms with Crippen LogP contribution in [0.5, 0.6) is 0 Å². The van der Waals surface area contributed by atoms with Crippen molar-refractivity contribution in [2.45, 2.75) is 33.2 Å². The Hall–Kier alpha value is -4.46. The summed E-state index contributed by atoms with van der Waals surface area (Å²) in [5.74, 6) is 1.99. The molecule has 0 atom stereocenters. The van der Waals surface area contributed by atoms with E-state index >= 15 is 0 Å². The van der Waals surface area contributed by atoms with Crippen molar-refractivity contribution < 1.29 is 4.79 Å². The van der Waals surface area contributed by atoms with Crippen molar-refractivity contribution in [2.24, 2.45) is 5.92 Å². The maximum absolute atomic E-state index is 12.9. The minimum absolute atomic E-state index is 0.0709. The van der Waals surface area contributed by atoms with Crippen LogP contribution in [-0.4, -0.2) is 41.2 Å². The first-order chi connectivity index (χ1) is 17.6. The van der Waals surface area contributed by atoms with Gasteiger partial charge < -0.3 is 0 Å². The summed E-state index contributed by atoms with van der Waals surface area (Å²) in [5.41, 5.74) is 5.03. The lowest BCUT2D eigenvalue weighted by Crippen LogP contribution is -2.10. The molecule has 0 unspecified atom stereocenters. The lowest BCUT2D eigenvalue weighted by molar-refractivity contribution is 0.0982. The summed E-state index contributed by atoms with van der Waals surface area (Å²) < 4.78 is 1.86. The molecule has 3 aromatic carbocycles. The van der Waals surface area contributed by atoms with Crippen molar-refractivity contribution in [1.82, 2.24) is 35.4 Å². The standard InChI is InChI=1S/C28H27N7O/c1-19(2)16-26-29-28(25(36)17-20-8-4-3-5-9-20)32-35(26)18-21-12-14-22(15-13-21)23-10-6-7-11-24(23)27-30-33-34-31-27/h3-15,19H,16-18H2,1-2H3,(H,30,31,33,34). The van der Waals surface area contributed by atoms with E-state index in [4.69, 9.17) is 0 Å². The largest absolute Gasteiger partial charge is 0.290 e. The molecule has 0 amide bonds. The van der Waals surface area contributed by atoms with Crippen LogP contribution in [0.4, 0.5) is 0 Å². The second-order valence-electron chi connectivity index (χ2n) is 9.17. The first-order valence-electron chi connectivity index (χ1n) is 12.0. The van der Waals surface area contributed by atoms with Crippen molar-refractivity contribution in [3.8, 4) is 22.5 Å². The molecule has 0 fully saturated rings. The fraction of sp³-hybridized carbons (Fsp3) is 0.214. The number of Topliss-reactive ketones (excluding diaryl/α,β-unsaturated/α-hetero) is 1. The van der Waals surface area contributed by atoms with Gasteiger partial charge in [0, 0.05) is 18.4 Å². The zero-order valence-corrected chi connectivity index (χ0v) is 20.3. The fourth-order valence-electron chi connectivity index (χ4n) is 4.16. The van der Waals surface area contributed by atoms with Crippen molar-refractivity contribution in [3.63, 3.8) is 0 Å². The van der Waals surface area contributed by atoms with Gasteiger partial charge in [-0.15, -0.1) is 15.3 Å². The Morgan fingerprint density at radius 3 is 2.31 bits per heavy atom. The number of carbonyl (C=O) groups excluding carboxylic acids is 1. The molecular formula is C28H27N7O. The molecule has 1 N–H and O–H groups in total. The van der Waals surface area contributed by atoms with E-state index < -0.39 is 0 Å². The predicted molar refractivity (Wildman–Crippen MR) is 137 cm³/mol. The number of carbonyl (C=O) groups is 1. The van der Waals surface area contributed by atoms with Crippen LogP contribution >= 0.6 is 0 Å². The highest BCUT2D eigenvalue weighted by molar-refractivity contribution is 5.94. The number of nitrogens with zero attached hydrogens (tertiary/aromatic N) is 6. The summed E-state index contributed by atoms with van der Waals surface area (Å²) >= 11 is 0. The molecule has 0 saturated heterocycles. The molecule has 0 aliphatic rings. The third kappa shape index (κ3) is 5.27. The van der Waals surface area contributed by atoms with Gasteiger partial charge in [-0.1, -0.05) is 92.7 Å². The maximum atomic E-state index is 12.9. The van der Waals surface area contributed by atoms with Crippen LogP contribution in [0.1, 0.15) is 41.4 Å². The molecule has 36 heavy (non-hydrogen) atoms. The Morgan fingerprint density at radius 2 is 1.61 bits per heavy atom. The maximum Gasteiger partial charge on any atom is 0.217 e. The van der Waals surface area contributed by atoms with E-state index in [1.165, 1.54) is 0 Å². The predicted octanol–water partition coefficient (Wildman–Crippen LogP) is 4.80. The van der Waals surface area contributed by atoms with Gasteiger partial charge in [0.05, 0.1) is 6.54 Å². The SMILES string of the molecule is CC(C)Cc1nc(C(=O)Cc2ccccc2)nn1Cc1ccc(-c2ccccc2-c2nn[nH]n2)cc1. The first-order valence-corrected chi connectivity index (χ1v) is 12.0. The number of hydrogen-bond acceptors (Lipinski definition) is 6. The number of benzene rings is 3. The topological polar surface area (TPSA) is 102 Å². The third-order valence-electron chi connectivity index (χ3n) is 5.91. The third-order valence-corrected chi connectivity index (χ3v) is 5.91. The van der Waals surface area contributed by atoms with Crippen LogP contribution in [-0.2, 0) is 19.4 Å². The highest BCUT2D eigenvalue weighted by Crippen LogP contribution is 2.29. The zero-order chi connectivity index (χ0) is 24.9. The fourth-order valence-corrected chi connectivity index (χ4v) is 4.16. The number of rotatable bonds is 9. The summed E-state index contributed by atoms with van der Waals surface area (Å²) in [6.07, 6.45) is 1.04. The molecule has 0 aliphatic heterocycles. The van der Waals surface area contributed by atoms with Gasteiger partial charge in [0.25, 0.3) is 0 Å². The minimum atomic E-state index is -0.0709. The van der Waals surface area contributed by atoms with E-state index in [1.807, 2.05) is 59.3 Å². The van der Waals surface area contributed by atoms with Crippen LogP contribution < -0.4 is 0 Å². The molecule has 2 heterocycles. The number of ketones is 1. The Morgan fingerprint density at radius 1 is 0.889 bits per heavy atom. The quantitative estimate of drug-likeness (QED) is 0.306. The number of nitrogens with one attached hydrogen (secondary N) is 1. The molecule has 8 heteroatoms. The Balaban J connectivity index is 1.38. The summed E-state index contributed by atoms with van der Waals surface area (Å²) in [5, 5.41) is 19.1. The Kier molecular flexibility index (Phi) is 6.75. The van der Waals surface area contributed by atoms with Gasteiger partial charge in [0.15, 0.2) is 0 Å². The van der Waals surface area contributed by atoms with E-state index in [0.717, 1.165) is 40.1 Å². The van der Waals surface area contributed by atoms with Crippen LogP contribution in [0.25, 0.3) is 22.5 Å². The molecular weight excluding hydrogens is 450 g/mol. The van der Waals surface area contributed by atoms with Gasteiger partial charge in [-0.25, -0.2) is 9.67 Å². The number of H-pyrrole nitrogens is 1. The lowest BCUT2D eigenvalue weighted by atomic mass is 9.98. The highest BCUT2D eigenvalue weighted by atomic mass is 16.1. The summed E-state index contributed by atoms with van der Waals surface area (Å²) in [4.78, 5) is 17.5. The molecule has 0 aliphatic carbocycles. The highest BCUT2D eigenvalue weighted by Gasteiger charge is 2.18. The van der Waals surface area contributed by atoms with Crippen molar-refractivity contribution in [2.75, 3.05) is 0 Å². The average molecular weight is 478 g/mol. The number of tetrazole rings is 1. The lowest BCUT2D eigenvalue weighted by Gasteiger charge is -2.10. The van der Waals surface area contributed by atoms with E-state index in [-0.39, 0.29) is 11.6 Å². The summed E-state index contributed by atoms with van der Waals surface area (Å²) in [7, 11) is 0. The zero-order valence-electron chi connectivity index (χ0n) is 20.3. The Bertz CT molecular complexity index is 1440. The van der Waals surface area contributed by atoms with E-state index in [9.17, 15) is 4.79 Å². The van der Waals surface area contributed by atoms with Crippen LogP contribution in [0.2, 0.25) is 0 Å². The molecule has 0 spiro atoms. The Labute approximate surface area is 209 Å². The van der Waals surface area contributed by atoms with Crippen LogP contribution in [0.15, 0.2) is 78.9 Å². The van der Waals surface area contributed by atoms with E-state index in [1.54, 1.807) is 0 Å². The molecule has 2 aromatic heterocycles. The van der Waals surface area contributed by atoms with Gasteiger partial charge in [0.1, 0.15) is 5.82 Å². The molecule has 0 bridgehead atoms. The molecule has 5 aromatic rings. The normalized spacial score (nSPS) is 11.2. The monoisotopic (exact) mass is 477 g/mol. The molecule has 0 radical (unpaired) electrons. The van der Waals surface area contributed by atoms with Crippen LogP contribution in [0, 0.1) is 5.92 Å². The smallest absolute Gasteiger partial charge is 0.217 e. The van der Waals surface area contributed by atoms with Gasteiger partial charge in [-0.2, -0.15) is 5.21 Å². The summed E-state index contributed by atoms with van der Waals surface area (Å²) in [6.45, 7) is 4.82. The van der Waals surface area contributed by atoms with Crippen molar-refractivity contribution >= 4 is 5.78 Å². The van der Waals surface area contributed by atoms with Gasteiger partial charge in [-0.3, -0.25) is 4.79 Å². The minimum Gasteiger partial charge on any atom is -0.290 e. The summed E-state index contributed by atoms with van der Waals surface area (Å²) in [6, 6.07) is 26.0. The number of aromatic amines is 1. The number of hydrogen-bond donors (Lipinski definition) is 1. The average Bonchev–Trinajstić information content (AvgIpc) is 3.56. The first kappa shape index (κ1) is 23.3. The molecule has 8 nitrogen and oxygen atoms in total. The second-order valence-corrected chi connectivity index (χ2v) is 9.17. The number of aromatic nitrogens is 7. The second kappa shape index (κ2) is 10.4. The molecule has 0 saturated carbocycles.